The third-order valence-corrected chi connectivity index (χ3v) is 1.85. The van der Waals surface area contributed by atoms with Crippen LogP contribution in [0.1, 0.15) is 25.7 Å². The number of rotatable bonds is 1. The van der Waals surface area contributed by atoms with Crippen molar-refractivity contribution in [1.82, 2.24) is 0 Å². The molecule has 0 saturated heterocycles. The summed E-state index contributed by atoms with van der Waals surface area (Å²) in [5.41, 5.74) is 0. The van der Waals surface area contributed by atoms with Gasteiger partial charge in [0.15, 0.2) is 0 Å². The molecule has 1 unspecified atom stereocenters. The van der Waals surface area contributed by atoms with Crippen molar-refractivity contribution < 1.29 is 4.74 Å². The lowest BCUT2D eigenvalue weighted by Crippen LogP contribution is -2.11. The molecule has 0 aromatic carbocycles. The van der Waals surface area contributed by atoms with Crippen LogP contribution in [0.5, 0.6) is 0 Å². The molecule has 0 fully saturated rings. The molecule has 0 aliphatic heterocycles. The van der Waals surface area contributed by atoms with Gasteiger partial charge in [-0.1, -0.05) is 12.2 Å². The normalized spacial score (nSPS) is 27.5. The lowest BCUT2D eigenvalue weighted by molar-refractivity contribution is 0.118. The maximum Gasteiger partial charge on any atom is 0.0606 e. The van der Waals surface area contributed by atoms with Crippen LogP contribution in [0.3, 0.4) is 0 Å². The van der Waals surface area contributed by atoms with Crippen molar-refractivity contribution in [2.24, 2.45) is 0 Å². The first-order valence-corrected chi connectivity index (χ1v) is 3.94. The highest BCUT2D eigenvalue weighted by molar-refractivity contribution is 4.91. The van der Waals surface area contributed by atoms with Crippen molar-refractivity contribution in [2.75, 3.05) is 7.11 Å². The van der Waals surface area contributed by atoms with E-state index in [1.165, 1.54) is 6.42 Å². The Morgan fingerprint density at radius 1 is 1.20 bits per heavy atom. The van der Waals surface area contributed by atoms with Gasteiger partial charge in [-0.2, -0.15) is 0 Å². The Bertz CT molecular complexity index is 107. The van der Waals surface area contributed by atoms with Gasteiger partial charge in [0, 0.05) is 7.11 Å². The number of hydrogen-bond donors (Lipinski definition) is 0. The fourth-order valence-corrected chi connectivity index (χ4v) is 1.21. The Hall–Kier alpha value is -0.300. The minimum absolute atomic E-state index is 0.393. The van der Waals surface area contributed by atoms with E-state index in [1.807, 2.05) is 0 Å². The molecule has 0 amide bonds. The molecule has 0 aromatic rings. The van der Waals surface area contributed by atoms with Crippen molar-refractivity contribution >= 4 is 0 Å². The lowest BCUT2D eigenvalue weighted by atomic mass is 10.0. The molecule has 10 heavy (non-hydrogen) atoms. The van der Waals surface area contributed by atoms with Crippen molar-refractivity contribution in [3.05, 3.63) is 18.6 Å². The third-order valence-electron chi connectivity index (χ3n) is 1.85. The summed E-state index contributed by atoms with van der Waals surface area (Å²) in [5.74, 6) is 0. The van der Waals surface area contributed by atoms with E-state index >= 15 is 0 Å². The average Bonchev–Trinajstić information content (AvgIpc) is 1.87. The monoisotopic (exact) mass is 139 g/mol. The predicted molar refractivity (Wildman–Crippen MR) is 42.7 cm³/mol. The summed E-state index contributed by atoms with van der Waals surface area (Å²) in [5, 5.41) is 0. The van der Waals surface area contributed by atoms with E-state index in [2.05, 4.69) is 18.6 Å². The van der Waals surface area contributed by atoms with Crippen LogP contribution in [0.4, 0.5) is 0 Å². The zero-order valence-corrected chi connectivity index (χ0v) is 6.55. The van der Waals surface area contributed by atoms with Crippen molar-refractivity contribution in [3.8, 4) is 0 Å². The Kier molecular flexibility index (Phi) is 3.52. The number of allylic oxidation sites excluding steroid dienone is 2. The van der Waals surface area contributed by atoms with Gasteiger partial charge in [0.2, 0.25) is 0 Å². The van der Waals surface area contributed by atoms with Crippen LogP contribution in [0.25, 0.3) is 0 Å². The Morgan fingerprint density at radius 2 is 2.00 bits per heavy atom. The van der Waals surface area contributed by atoms with Crippen LogP contribution in [-0.4, -0.2) is 13.2 Å². The van der Waals surface area contributed by atoms with E-state index < -0.39 is 0 Å². The van der Waals surface area contributed by atoms with Crippen molar-refractivity contribution in [1.29, 1.82) is 0 Å². The summed E-state index contributed by atoms with van der Waals surface area (Å²) in [6.07, 6.45) is 11.8. The number of hydrogen-bond acceptors (Lipinski definition) is 1. The summed E-state index contributed by atoms with van der Waals surface area (Å²) in [6.45, 7) is 0. The molecular formula is C9H15O. The third kappa shape index (κ3) is 2.53. The molecule has 1 radical (unpaired) electrons. The second-order valence-corrected chi connectivity index (χ2v) is 2.64. The van der Waals surface area contributed by atoms with Gasteiger partial charge in [0.25, 0.3) is 0 Å². The van der Waals surface area contributed by atoms with Crippen LogP contribution in [0.2, 0.25) is 0 Å². The first kappa shape index (κ1) is 7.80. The van der Waals surface area contributed by atoms with E-state index in [0.29, 0.717) is 6.10 Å². The highest BCUT2D eigenvalue weighted by Gasteiger charge is 2.06. The maximum atomic E-state index is 5.24. The molecule has 1 rings (SSSR count). The predicted octanol–water partition coefficient (Wildman–Crippen LogP) is 2.34. The molecule has 1 aliphatic rings. The molecule has 0 N–H and O–H groups in total. The largest absolute Gasteiger partial charge is 0.381 e. The van der Waals surface area contributed by atoms with Gasteiger partial charge in [-0.15, -0.1) is 0 Å². The quantitative estimate of drug-likeness (QED) is 0.507. The van der Waals surface area contributed by atoms with E-state index in [4.69, 9.17) is 4.74 Å². The molecule has 1 aliphatic carbocycles. The van der Waals surface area contributed by atoms with Gasteiger partial charge in [-0.25, -0.2) is 0 Å². The molecule has 0 saturated carbocycles. The van der Waals surface area contributed by atoms with Crippen LogP contribution >= 0.6 is 0 Å². The van der Waals surface area contributed by atoms with Crippen LogP contribution in [-0.2, 0) is 4.74 Å². The molecule has 1 heteroatoms. The second kappa shape index (κ2) is 4.51. The van der Waals surface area contributed by atoms with E-state index in [9.17, 15) is 0 Å². The lowest BCUT2D eigenvalue weighted by Gasteiger charge is -2.14. The van der Waals surface area contributed by atoms with Gasteiger partial charge in [-0.3, -0.25) is 0 Å². The van der Waals surface area contributed by atoms with E-state index in [0.717, 1.165) is 19.3 Å². The van der Waals surface area contributed by atoms with E-state index in [1.54, 1.807) is 7.11 Å². The Labute approximate surface area is 63.1 Å². The summed E-state index contributed by atoms with van der Waals surface area (Å²) in [7, 11) is 1.78. The fraction of sp³-hybridized carbons (Fsp3) is 0.667. The first-order chi connectivity index (χ1) is 4.93. The highest BCUT2D eigenvalue weighted by Crippen LogP contribution is 2.13. The smallest absolute Gasteiger partial charge is 0.0606 e. The second-order valence-electron chi connectivity index (χ2n) is 2.64. The zero-order valence-electron chi connectivity index (χ0n) is 6.55. The molecule has 0 aromatic heterocycles. The highest BCUT2D eigenvalue weighted by atomic mass is 16.5. The molecular weight excluding hydrogens is 124 g/mol. The summed E-state index contributed by atoms with van der Waals surface area (Å²) in [4.78, 5) is 0. The molecule has 57 valence electrons. The van der Waals surface area contributed by atoms with Crippen molar-refractivity contribution in [2.45, 2.75) is 31.8 Å². The number of ether oxygens (including phenoxy) is 1. The standard InChI is InChI=1S/C9H15O/c1-10-9-7-5-3-2-4-6-8-9/h2-3,8-9H,4-7H2,1H3. The SMILES string of the molecule is COC1[CH]CCC=CCC1. The molecule has 1 atom stereocenters. The van der Waals surface area contributed by atoms with Gasteiger partial charge < -0.3 is 4.74 Å². The molecule has 0 heterocycles. The number of methoxy groups -OCH3 is 1. The minimum atomic E-state index is 0.393. The maximum absolute atomic E-state index is 5.24. The fourth-order valence-electron chi connectivity index (χ4n) is 1.21. The topological polar surface area (TPSA) is 9.23 Å². The van der Waals surface area contributed by atoms with Gasteiger partial charge in [-0.05, 0) is 32.1 Å². The molecule has 0 spiro atoms. The summed E-state index contributed by atoms with van der Waals surface area (Å²) in [6, 6.07) is 0. The van der Waals surface area contributed by atoms with Crippen molar-refractivity contribution in [3.63, 3.8) is 0 Å². The van der Waals surface area contributed by atoms with Crippen LogP contribution in [0.15, 0.2) is 12.2 Å². The summed E-state index contributed by atoms with van der Waals surface area (Å²) >= 11 is 0. The summed E-state index contributed by atoms with van der Waals surface area (Å²) < 4.78 is 5.24. The van der Waals surface area contributed by atoms with Crippen LogP contribution < -0.4 is 0 Å². The van der Waals surface area contributed by atoms with Crippen LogP contribution in [0, 0.1) is 6.42 Å². The van der Waals surface area contributed by atoms with Gasteiger partial charge >= 0.3 is 0 Å². The molecule has 0 bridgehead atoms. The molecule has 1 nitrogen and oxygen atoms in total. The Balaban J connectivity index is 2.27. The zero-order chi connectivity index (χ0) is 7.23. The first-order valence-electron chi connectivity index (χ1n) is 3.94. The average molecular weight is 139 g/mol. The minimum Gasteiger partial charge on any atom is -0.381 e. The van der Waals surface area contributed by atoms with E-state index in [-0.39, 0.29) is 0 Å². The van der Waals surface area contributed by atoms with Gasteiger partial charge in [0.1, 0.15) is 0 Å². The Morgan fingerprint density at radius 3 is 2.80 bits per heavy atom. The van der Waals surface area contributed by atoms with Gasteiger partial charge in [0.05, 0.1) is 6.10 Å².